The van der Waals surface area contributed by atoms with Gasteiger partial charge in [-0.15, -0.1) is 0 Å². The SMILES string of the molecule is [CH2-][NH+]1C[C@H]2CCN[C@H]2C1. The molecule has 2 N–H and O–H groups in total. The molecule has 2 heterocycles. The minimum Gasteiger partial charge on any atom is -0.466 e. The highest BCUT2D eigenvalue weighted by Gasteiger charge is 2.35. The second kappa shape index (κ2) is 1.96. The van der Waals surface area contributed by atoms with Gasteiger partial charge in [-0.05, 0) is 13.0 Å². The molecule has 0 amide bonds. The molecule has 2 aliphatic rings. The van der Waals surface area contributed by atoms with Crippen molar-refractivity contribution in [1.29, 1.82) is 0 Å². The number of fused-ring (bicyclic) bond motifs is 1. The van der Waals surface area contributed by atoms with Gasteiger partial charge < -0.3 is 10.2 Å². The topological polar surface area (TPSA) is 16.5 Å². The van der Waals surface area contributed by atoms with Crippen molar-refractivity contribution in [1.82, 2.24) is 5.32 Å². The lowest BCUT2D eigenvalue weighted by Crippen LogP contribution is -3.05. The number of hydrogen-bond donors (Lipinski definition) is 2. The summed E-state index contributed by atoms with van der Waals surface area (Å²) in [6.07, 6.45) is 1.38. The number of quaternary nitrogens is 1. The van der Waals surface area contributed by atoms with Gasteiger partial charge in [-0.2, -0.15) is 7.05 Å². The Labute approximate surface area is 56.2 Å². The molecular weight excluding hydrogens is 112 g/mol. The van der Waals surface area contributed by atoms with Crippen molar-refractivity contribution in [3.8, 4) is 0 Å². The summed E-state index contributed by atoms with van der Waals surface area (Å²) < 4.78 is 0. The van der Waals surface area contributed by atoms with Crippen LogP contribution in [0.5, 0.6) is 0 Å². The zero-order valence-electron chi connectivity index (χ0n) is 5.69. The summed E-state index contributed by atoms with van der Waals surface area (Å²) >= 11 is 0. The fraction of sp³-hybridized carbons (Fsp3) is 0.857. The Kier molecular flexibility index (Phi) is 1.24. The van der Waals surface area contributed by atoms with Crippen LogP contribution in [0.25, 0.3) is 0 Å². The van der Waals surface area contributed by atoms with E-state index in [4.69, 9.17) is 0 Å². The van der Waals surface area contributed by atoms with Crippen molar-refractivity contribution in [3.63, 3.8) is 0 Å². The van der Waals surface area contributed by atoms with Gasteiger partial charge in [0.1, 0.15) is 0 Å². The molecule has 0 aliphatic carbocycles. The van der Waals surface area contributed by atoms with Crippen molar-refractivity contribution in [2.75, 3.05) is 19.6 Å². The molecule has 1 unspecified atom stereocenters. The van der Waals surface area contributed by atoms with E-state index in [9.17, 15) is 0 Å². The zero-order chi connectivity index (χ0) is 6.27. The van der Waals surface area contributed by atoms with Crippen LogP contribution in [0.1, 0.15) is 6.42 Å². The molecule has 0 aromatic rings. The van der Waals surface area contributed by atoms with E-state index in [0.29, 0.717) is 0 Å². The van der Waals surface area contributed by atoms with E-state index in [0.717, 1.165) is 12.0 Å². The summed E-state index contributed by atoms with van der Waals surface area (Å²) in [6, 6.07) is 0.803. The van der Waals surface area contributed by atoms with Gasteiger partial charge >= 0.3 is 0 Å². The molecule has 0 bridgehead atoms. The highest BCUT2D eigenvalue weighted by molar-refractivity contribution is 4.85. The molecule has 3 atom stereocenters. The van der Waals surface area contributed by atoms with Crippen LogP contribution in [0.2, 0.25) is 0 Å². The van der Waals surface area contributed by atoms with E-state index in [2.05, 4.69) is 12.4 Å². The Morgan fingerprint density at radius 2 is 2.33 bits per heavy atom. The lowest BCUT2D eigenvalue weighted by molar-refractivity contribution is -0.842. The summed E-state index contributed by atoms with van der Waals surface area (Å²) in [5, 5.41) is 3.49. The number of likely N-dealkylation sites (tertiary alicyclic amines) is 1. The smallest absolute Gasteiger partial charge is 0.0691 e. The van der Waals surface area contributed by atoms with Gasteiger partial charge in [0.2, 0.25) is 0 Å². The van der Waals surface area contributed by atoms with Gasteiger partial charge in [0, 0.05) is 5.92 Å². The fourth-order valence-corrected chi connectivity index (χ4v) is 2.07. The van der Waals surface area contributed by atoms with Gasteiger partial charge in [0.25, 0.3) is 0 Å². The monoisotopic (exact) mass is 126 g/mol. The van der Waals surface area contributed by atoms with Crippen LogP contribution in [0.4, 0.5) is 0 Å². The molecule has 0 aromatic heterocycles. The molecule has 2 fully saturated rings. The van der Waals surface area contributed by atoms with Crippen molar-refractivity contribution < 1.29 is 4.90 Å². The second-order valence-corrected chi connectivity index (χ2v) is 3.27. The predicted molar refractivity (Wildman–Crippen MR) is 36.0 cm³/mol. The summed E-state index contributed by atoms with van der Waals surface area (Å²) in [6.45, 7) is 3.77. The van der Waals surface area contributed by atoms with Gasteiger partial charge in [-0.3, -0.25) is 0 Å². The Morgan fingerprint density at radius 3 is 3.11 bits per heavy atom. The maximum atomic E-state index is 4.00. The van der Waals surface area contributed by atoms with E-state index in [1.165, 1.54) is 31.0 Å². The second-order valence-electron chi connectivity index (χ2n) is 3.27. The molecule has 0 saturated carbocycles. The third-order valence-corrected chi connectivity index (χ3v) is 2.55. The first kappa shape index (κ1) is 5.69. The minimum absolute atomic E-state index is 0.803. The number of hydrogen-bond acceptors (Lipinski definition) is 1. The molecular formula is C7H14N2. The summed E-state index contributed by atoms with van der Waals surface area (Å²) in [5.74, 6) is 0.942. The molecule has 0 aromatic carbocycles. The minimum atomic E-state index is 0.803. The molecule has 2 aliphatic heterocycles. The van der Waals surface area contributed by atoms with Gasteiger partial charge in [-0.25, -0.2) is 0 Å². The van der Waals surface area contributed by atoms with Gasteiger partial charge in [0.05, 0.1) is 19.1 Å². The largest absolute Gasteiger partial charge is 0.466 e. The molecule has 9 heavy (non-hydrogen) atoms. The average molecular weight is 126 g/mol. The van der Waals surface area contributed by atoms with Crippen LogP contribution in [0.15, 0.2) is 0 Å². The van der Waals surface area contributed by atoms with E-state index < -0.39 is 0 Å². The van der Waals surface area contributed by atoms with Crippen LogP contribution in [0, 0.1) is 13.0 Å². The Balaban J connectivity index is 2.02. The maximum absolute atomic E-state index is 4.00. The lowest BCUT2D eigenvalue weighted by atomic mass is 10.1. The number of rotatable bonds is 0. The Hall–Kier alpha value is -0.0800. The zero-order valence-corrected chi connectivity index (χ0v) is 5.69. The average Bonchev–Trinajstić information content (AvgIpc) is 2.22. The van der Waals surface area contributed by atoms with Crippen LogP contribution < -0.4 is 10.2 Å². The standard InChI is InChI=1S/C7H14N2/c1-9-4-6-2-3-8-7(6)5-9/h6-9H,1-5H2/t6-,7+/m1/s1. The van der Waals surface area contributed by atoms with Crippen LogP contribution in [0.3, 0.4) is 0 Å². The normalized spacial score (nSPS) is 49.7. The van der Waals surface area contributed by atoms with Crippen molar-refractivity contribution in [2.45, 2.75) is 12.5 Å². The predicted octanol–water partition coefficient (Wildman–Crippen LogP) is -1.35. The van der Waals surface area contributed by atoms with Crippen LogP contribution >= 0.6 is 0 Å². The molecule has 2 nitrogen and oxygen atoms in total. The van der Waals surface area contributed by atoms with Crippen LogP contribution in [-0.2, 0) is 0 Å². The van der Waals surface area contributed by atoms with E-state index >= 15 is 0 Å². The quantitative estimate of drug-likeness (QED) is 0.384. The molecule has 2 rings (SSSR count). The summed E-state index contributed by atoms with van der Waals surface area (Å²) in [7, 11) is 4.00. The maximum Gasteiger partial charge on any atom is 0.0691 e. The third-order valence-electron chi connectivity index (χ3n) is 2.55. The Morgan fingerprint density at radius 1 is 1.44 bits per heavy atom. The van der Waals surface area contributed by atoms with Gasteiger partial charge in [0.15, 0.2) is 0 Å². The van der Waals surface area contributed by atoms with E-state index in [-0.39, 0.29) is 0 Å². The Bertz CT molecular complexity index is 101. The number of nitrogens with one attached hydrogen (secondary N) is 2. The van der Waals surface area contributed by atoms with Crippen molar-refractivity contribution >= 4 is 0 Å². The third kappa shape index (κ3) is 0.864. The van der Waals surface area contributed by atoms with Crippen molar-refractivity contribution in [3.05, 3.63) is 7.05 Å². The first-order valence-electron chi connectivity index (χ1n) is 3.76. The van der Waals surface area contributed by atoms with Crippen LogP contribution in [-0.4, -0.2) is 25.7 Å². The molecule has 2 heteroatoms. The molecule has 52 valence electrons. The lowest BCUT2D eigenvalue weighted by Gasteiger charge is -2.13. The van der Waals surface area contributed by atoms with E-state index in [1.807, 2.05) is 0 Å². The highest BCUT2D eigenvalue weighted by Crippen LogP contribution is 2.15. The molecule has 0 radical (unpaired) electrons. The summed E-state index contributed by atoms with van der Waals surface area (Å²) in [5.41, 5.74) is 0. The van der Waals surface area contributed by atoms with Gasteiger partial charge in [-0.1, -0.05) is 0 Å². The first-order chi connectivity index (χ1) is 4.36. The summed E-state index contributed by atoms with van der Waals surface area (Å²) in [4.78, 5) is 1.46. The van der Waals surface area contributed by atoms with E-state index in [1.54, 1.807) is 0 Å². The molecule has 0 spiro atoms. The highest BCUT2D eigenvalue weighted by atomic mass is 15.2. The molecule has 2 saturated heterocycles. The first-order valence-corrected chi connectivity index (χ1v) is 3.76. The fourth-order valence-electron chi connectivity index (χ4n) is 2.07. The van der Waals surface area contributed by atoms with Crippen molar-refractivity contribution in [2.24, 2.45) is 5.92 Å².